The Morgan fingerprint density at radius 2 is 1.10 bits per heavy atom. The molecule has 3 aromatic carbocycles. The van der Waals surface area contributed by atoms with E-state index in [4.69, 9.17) is 4.74 Å². The summed E-state index contributed by atoms with van der Waals surface area (Å²) in [6, 6.07) is 3.31. The molecule has 0 saturated carbocycles. The highest BCUT2D eigenvalue weighted by Crippen LogP contribution is 2.21. The summed E-state index contributed by atoms with van der Waals surface area (Å²) in [7, 11) is 1.02. The van der Waals surface area contributed by atoms with Crippen LogP contribution in [0.1, 0.15) is 11.1 Å². The number of halogens is 7. The molecule has 156 valence electrons. The van der Waals surface area contributed by atoms with Crippen LogP contribution in [0.25, 0.3) is 0 Å². The van der Waals surface area contributed by atoms with Crippen LogP contribution in [-0.4, -0.2) is 21.3 Å². The number of methoxy groups -OCH3 is 1. The van der Waals surface area contributed by atoms with Crippen molar-refractivity contribution < 1.29 is 35.5 Å². The molecule has 0 amide bonds. The van der Waals surface area contributed by atoms with Gasteiger partial charge in [0, 0.05) is 18.2 Å². The first-order valence-corrected chi connectivity index (χ1v) is 10.4. The lowest BCUT2D eigenvalue weighted by molar-refractivity contribution is 0.379. The average Bonchev–Trinajstić information content (AvgIpc) is 2.68. The highest BCUT2D eigenvalue weighted by Gasteiger charge is 2.38. The molecule has 9 heteroatoms. The van der Waals surface area contributed by atoms with Gasteiger partial charge in [-0.1, -0.05) is 8.85 Å². The standard InChI is InChI=1S/C7H4F3O.2C7H5F2.Al/c1-11-7-3-5(9)4(8)2-6(7)10;2*1-5-2-3-6(8)4-7(5)9;/h3H,1H3;2*3-4H,1H3;. The molecule has 0 aliphatic heterocycles. The van der Waals surface area contributed by atoms with E-state index in [2.05, 4.69) is 0 Å². The topological polar surface area (TPSA) is 9.23 Å². The molecular formula is C21H14AlF7O. The Balaban J connectivity index is 2.50. The molecular weight excluding hydrogens is 428 g/mol. The highest BCUT2D eigenvalue weighted by molar-refractivity contribution is 6.96. The van der Waals surface area contributed by atoms with E-state index in [0.717, 1.165) is 19.2 Å². The van der Waals surface area contributed by atoms with Gasteiger partial charge in [-0.15, -0.1) is 0 Å². The first-order chi connectivity index (χ1) is 14.1. The maximum Gasteiger partial charge on any atom is 0.394 e. The Hall–Kier alpha value is -2.50. The van der Waals surface area contributed by atoms with Crippen molar-refractivity contribution in [3.63, 3.8) is 0 Å². The zero-order valence-electron chi connectivity index (χ0n) is 16.0. The summed E-state index contributed by atoms with van der Waals surface area (Å²) in [5, 5.41) is 0. The minimum absolute atomic E-state index is 0.167. The van der Waals surface area contributed by atoms with Crippen LogP contribution in [0, 0.1) is 54.6 Å². The van der Waals surface area contributed by atoms with Crippen LogP contribution >= 0.6 is 0 Å². The second-order valence-electron chi connectivity index (χ2n) is 6.74. The monoisotopic (exact) mass is 442 g/mol. The molecule has 0 aliphatic rings. The Kier molecular flexibility index (Phi) is 6.16. The lowest BCUT2D eigenvalue weighted by Gasteiger charge is -2.21. The van der Waals surface area contributed by atoms with Crippen LogP contribution in [0.2, 0.25) is 0 Å². The van der Waals surface area contributed by atoms with Gasteiger partial charge >= 0.3 is 14.1 Å². The summed E-state index contributed by atoms with van der Waals surface area (Å²) in [5.41, 5.74) is -0.335. The van der Waals surface area contributed by atoms with Crippen LogP contribution in [0.15, 0.2) is 30.3 Å². The van der Waals surface area contributed by atoms with Crippen LogP contribution in [0.5, 0.6) is 5.75 Å². The fourth-order valence-electron chi connectivity index (χ4n) is 3.41. The normalized spacial score (nSPS) is 11.0. The smallest absolute Gasteiger partial charge is 0.394 e. The summed E-state index contributed by atoms with van der Waals surface area (Å²) in [6.07, 6.45) is 0. The number of benzene rings is 3. The molecule has 3 rings (SSSR count). The van der Waals surface area contributed by atoms with Gasteiger partial charge in [0.15, 0.2) is 17.4 Å². The van der Waals surface area contributed by atoms with E-state index in [0.29, 0.717) is 18.2 Å². The van der Waals surface area contributed by atoms with Crippen molar-refractivity contribution in [3.8, 4) is 5.75 Å². The molecule has 0 N–H and O–H groups in total. The Bertz CT molecular complexity index is 1090. The van der Waals surface area contributed by atoms with E-state index in [1.807, 2.05) is 0 Å². The van der Waals surface area contributed by atoms with Crippen LogP contribution in [0.4, 0.5) is 30.7 Å². The number of hydrogen-bond donors (Lipinski definition) is 0. The van der Waals surface area contributed by atoms with E-state index in [-0.39, 0.29) is 20.0 Å². The summed E-state index contributed by atoms with van der Waals surface area (Å²) < 4.78 is 104. The van der Waals surface area contributed by atoms with E-state index in [9.17, 15) is 26.3 Å². The SMILES string of the molecule is COc1cc(F)c(F)[c]([Al]([c]2cc(F)cc(F)c2C)[c]2cc(F)cc(F)c2C)c1F. The predicted octanol–water partition coefficient (Wildman–Crippen LogP) is 3.80. The molecule has 1 nitrogen and oxygen atoms in total. The van der Waals surface area contributed by atoms with Gasteiger partial charge in [-0.25, -0.2) is 30.7 Å². The van der Waals surface area contributed by atoms with Crippen molar-refractivity contribution >= 4 is 27.4 Å². The quantitative estimate of drug-likeness (QED) is 0.340. The van der Waals surface area contributed by atoms with Gasteiger partial charge in [0.1, 0.15) is 29.1 Å². The number of ether oxygens (including phenoxy) is 1. The largest absolute Gasteiger partial charge is 0.494 e. The Labute approximate surface area is 172 Å². The summed E-state index contributed by atoms with van der Waals surface area (Å²) in [5.74, 6) is -9.16. The van der Waals surface area contributed by atoms with Gasteiger partial charge in [0.2, 0.25) is 0 Å². The number of hydrogen-bond acceptors (Lipinski definition) is 1. The maximum atomic E-state index is 15.1. The highest BCUT2D eigenvalue weighted by atomic mass is 27.2. The second kappa shape index (κ2) is 8.32. The van der Waals surface area contributed by atoms with Crippen LogP contribution < -0.4 is 18.0 Å². The fourth-order valence-corrected chi connectivity index (χ4v) is 6.95. The lowest BCUT2D eigenvalue weighted by Crippen LogP contribution is -2.57. The fraction of sp³-hybridized carbons (Fsp3) is 0.143. The second-order valence-corrected chi connectivity index (χ2v) is 9.43. The first kappa shape index (κ1) is 22.2. The molecule has 0 heterocycles. The van der Waals surface area contributed by atoms with Gasteiger partial charge in [0.25, 0.3) is 0 Å². The van der Waals surface area contributed by atoms with Crippen molar-refractivity contribution in [3.05, 3.63) is 82.2 Å². The molecule has 0 unspecified atom stereocenters. The van der Waals surface area contributed by atoms with E-state index < -0.39 is 65.0 Å². The van der Waals surface area contributed by atoms with Crippen LogP contribution in [-0.2, 0) is 0 Å². The van der Waals surface area contributed by atoms with Crippen molar-refractivity contribution in [2.45, 2.75) is 13.8 Å². The third kappa shape index (κ3) is 3.80. The molecule has 0 aromatic heterocycles. The molecule has 0 aliphatic carbocycles. The van der Waals surface area contributed by atoms with Gasteiger partial charge in [0.05, 0.1) is 7.11 Å². The summed E-state index contributed by atoms with van der Waals surface area (Å²) in [6.45, 7) is 2.48. The molecule has 0 radical (unpaired) electrons. The molecule has 0 fully saturated rings. The summed E-state index contributed by atoms with van der Waals surface area (Å²) in [4.78, 5) is 0. The molecule has 0 saturated heterocycles. The molecule has 0 spiro atoms. The first-order valence-electron chi connectivity index (χ1n) is 8.69. The van der Waals surface area contributed by atoms with Crippen LogP contribution in [0.3, 0.4) is 0 Å². The van der Waals surface area contributed by atoms with Crippen molar-refractivity contribution in [1.82, 2.24) is 0 Å². The molecule has 3 aromatic rings. The van der Waals surface area contributed by atoms with Gasteiger partial charge in [-0.2, -0.15) is 0 Å². The Morgan fingerprint density at radius 3 is 1.53 bits per heavy atom. The minimum Gasteiger partial charge on any atom is -0.494 e. The van der Waals surface area contributed by atoms with E-state index >= 15 is 4.39 Å². The van der Waals surface area contributed by atoms with Crippen molar-refractivity contribution in [2.75, 3.05) is 7.11 Å². The zero-order chi connectivity index (χ0) is 22.3. The van der Waals surface area contributed by atoms with E-state index in [1.54, 1.807) is 0 Å². The molecule has 30 heavy (non-hydrogen) atoms. The lowest BCUT2D eigenvalue weighted by atomic mass is 10.2. The summed E-state index contributed by atoms with van der Waals surface area (Å²) >= 11 is -3.68. The third-order valence-electron chi connectivity index (χ3n) is 4.99. The van der Waals surface area contributed by atoms with Crippen molar-refractivity contribution in [2.24, 2.45) is 0 Å². The Morgan fingerprint density at radius 1 is 0.633 bits per heavy atom. The maximum absolute atomic E-state index is 15.1. The van der Waals surface area contributed by atoms with Gasteiger partial charge in [-0.05, 0) is 41.5 Å². The van der Waals surface area contributed by atoms with Crippen molar-refractivity contribution in [1.29, 1.82) is 0 Å². The van der Waals surface area contributed by atoms with Gasteiger partial charge < -0.3 is 4.74 Å². The predicted molar refractivity (Wildman–Crippen MR) is 99.7 cm³/mol. The third-order valence-corrected chi connectivity index (χ3v) is 8.51. The average molecular weight is 442 g/mol. The molecule has 0 bridgehead atoms. The van der Waals surface area contributed by atoms with E-state index in [1.165, 1.54) is 13.8 Å². The zero-order valence-corrected chi connectivity index (χ0v) is 17.2. The number of rotatable bonds is 4. The minimum atomic E-state index is -3.68. The van der Waals surface area contributed by atoms with Gasteiger partial charge in [-0.3, -0.25) is 0 Å². The molecule has 0 atom stereocenters.